The van der Waals surface area contributed by atoms with Crippen LogP contribution in [-0.4, -0.2) is 58.9 Å². The van der Waals surface area contributed by atoms with Crippen LogP contribution in [0.5, 0.6) is 5.75 Å². The second-order valence-electron chi connectivity index (χ2n) is 6.98. The lowest BCUT2D eigenvalue weighted by molar-refractivity contribution is -0.140. The third-order valence-electron chi connectivity index (χ3n) is 4.74. The maximum atomic E-state index is 14.6. The van der Waals surface area contributed by atoms with Gasteiger partial charge in [0.15, 0.2) is 0 Å². The van der Waals surface area contributed by atoms with Crippen LogP contribution in [0.3, 0.4) is 0 Å². The van der Waals surface area contributed by atoms with Crippen LogP contribution in [0.4, 0.5) is 4.39 Å². The number of ketones is 1. The Morgan fingerprint density at radius 1 is 1.21 bits per heavy atom. The topological polar surface area (TPSA) is 81.1 Å². The van der Waals surface area contributed by atoms with Crippen molar-refractivity contribution in [3.8, 4) is 5.75 Å². The number of Topliss-reactive ketones (excluding diaryl/α,β-unsaturated/α-hetero) is 1. The fourth-order valence-electron chi connectivity index (χ4n) is 3.28. The molecule has 152 valence electrons. The van der Waals surface area contributed by atoms with E-state index < -0.39 is 29.3 Å². The average Bonchev–Trinajstić information content (AvgIpc) is 2.92. The summed E-state index contributed by atoms with van der Waals surface area (Å²) in [5, 5.41) is 21.2. The van der Waals surface area contributed by atoms with Gasteiger partial charge in [-0.1, -0.05) is 29.8 Å². The van der Waals surface area contributed by atoms with Crippen molar-refractivity contribution in [2.75, 3.05) is 27.2 Å². The number of hydrogen-bond acceptors (Lipinski definition) is 5. The molecule has 3 rings (SSSR count). The molecule has 1 heterocycles. The lowest BCUT2D eigenvalue weighted by atomic mass is 9.94. The number of amides is 1. The molecule has 2 aromatic rings. The molecular weight excluding hydrogens is 399 g/mol. The van der Waals surface area contributed by atoms with Crippen LogP contribution in [0.2, 0.25) is 5.02 Å². The summed E-state index contributed by atoms with van der Waals surface area (Å²) >= 11 is 5.95. The molecule has 0 spiro atoms. The summed E-state index contributed by atoms with van der Waals surface area (Å²) < 4.78 is 14.6. The number of aromatic hydroxyl groups is 1. The normalized spacial score (nSPS) is 18.7. The zero-order valence-corrected chi connectivity index (χ0v) is 16.7. The molecule has 1 fully saturated rings. The lowest BCUT2D eigenvalue weighted by Crippen LogP contribution is -2.35. The van der Waals surface area contributed by atoms with Gasteiger partial charge < -0.3 is 20.0 Å². The molecule has 1 saturated heterocycles. The van der Waals surface area contributed by atoms with E-state index in [-0.39, 0.29) is 34.0 Å². The number of aliphatic hydroxyl groups excluding tert-OH is 1. The van der Waals surface area contributed by atoms with E-state index in [0.717, 1.165) is 0 Å². The summed E-state index contributed by atoms with van der Waals surface area (Å²) in [5.74, 6) is -3.34. The number of phenols is 1. The molecule has 6 nitrogen and oxygen atoms in total. The van der Waals surface area contributed by atoms with Gasteiger partial charge in [-0.15, -0.1) is 0 Å². The standard InChI is InChI=1S/C21H20ClFN2O4/c1-24(2)9-10-25-18(13-5-3-4-6-15(13)23)17(20(28)21(25)29)19(27)14-11-12(22)7-8-16(14)26/h3-8,11,18,26-27H,9-10H2,1-2H3/b19-17+. The van der Waals surface area contributed by atoms with E-state index in [0.29, 0.717) is 6.54 Å². The van der Waals surface area contributed by atoms with Crippen molar-refractivity contribution in [1.82, 2.24) is 9.80 Å². The summed E-state index contributed by atoms with van der Waals surface area (Å²) in [7, 11) is 3.61. The van der Waals surface area contributed by atoms with E-state index in [1.165, 1.54) is 41.3 Å². The number of hydrogen-bond donors (Lipinski definition) is 2. The Hall–Kier alpha value is -2.90. The summed E-state index contributed by atoms with van der Waals surface area (Å²) in [5.41, 5.74) is -0.325. The first-order valence-electron chi connectivity index (χ1n) is 8.88. The van der Waals surface area contributed by atoms with Crippen LogP contribution >= 0.6 is 11.6 Å². The minimum Gasteiger partial charge on any atom is -0.507 e. The summed E-state index contributed by atoms with van der Waals surface area (Å²) in [6.07, 6.45) is 0. The Bertz CT molecular complexity index is 1010. The quantitative estimate of drug-likeness (QED) is 0.443. The lowest BCUT2D eigenvalue weighted by Gasteiger charge is -2.26. The van der Waals surface area contributed by atoms with Crippen molar-refractivity contribution in [2.45, 2.75) is 6.04 Å². The van der Waals surface area contributed by atoms with E-state index in [9.17, 15) is 24.2 Å². The molecule has 0 bridgehead atoms. The van der Waals surface area contributed by atoms with Crippen LogP contribution in [0, 0.1) is 5.82 Å². The maximum Gasteiger partial charge on any atom is 0.295 e. The molecule has 0 saturated carbocycles. The highest BCUT2D eigenvalue weighted by molar-refractivity contribution is 6.46. The number of benzene rings is 2. The van der Waals surface area contributed by atoms with Crippen LogP contribution < -0.4 is 0 Å². The maximum absolute atomic E-state index is 14.6. The van der Waals surface area contributed by atoms with Gasteiger partial charge in [0.25, 0.3) is 11.7 Å². The van der Waals surface area contributed by atoms with E-state index in [1.54, 1.807) is 20.2 Å². The van der Waals surface area contributed by atoms with E-state index in [1.807, 2.05) is 4.90 Å². The highest BCUT2D eigenvalue weighted by Crippen LogP contribution is 2.41. The minimum atomic E-state index is -1.13. The number of likely N-dealkylation sites (N-methyl/N-ethyl adjacent to an activating group) is 1. The number of nitrogens with zero attached hydrogens (tertiary/aromatic N) is 2. The first kappa shape index (κ1) is 20.8. The van der Waals surface area contributed by atoms with Gasteiger partial charge in [0.1, 0.15) is 17.3 Å². The van der Waals surface area contributed by atoms with Gasteiger partial charge in [-0.05, 0) is 38.4 Å². The van der Waals surface area contributed by atoms with E-state index >= 15 is 0 Å². The molecule has 0 radical (unpaired) electrons. The summed E-state index contributed by atoms with van der Waals surface area (Å²) in [6.45, 7) is 0.579. The summed E-state index contributed by atoms with van der Waals surface area (Å²) in [4.78, 5) is 28.6. The molecule has 8 heteroatoms. The first-order chi connectivity index (χ1) is 13.7. The SMILES string of the molecule is CN(C)CCN1C(=O)C(=O)/C(=C(/O)c2cc(Cl)ccc2O)C1c1ccccc1F. The fourth-order valence-corrected chi connectivity index (χ4v) is 3.45. The molecule has 2 N–H and O–H groups in total. The van der Waals surface area contributed by atoms with Crippen LogP contribution in [0.15, 0.2) is 48.0 Å². The Morgan fingerprint density at radius 2 is 1.90 bits per heavy atom. The van der Waals surface area contributed by atoms with Crippen LogP contribution in [0.1, 0.15) is 17.2 Å². The Labute approximate surface area is 172 Å². The molecule has 0 aromatic heterocycles. The minimum absolute atomic E-state index is 0.0773. The zero-order chi connectivity index (χ0) is 21.3. The first-order valence-corrected chi connectivity index (χ1v) is 9.26. The molecule has 1 amide bonds. The number of aliphatic hydroxyl groups is 1. The molecule has 1 aliphatic heterocycles. The van der Waals surface area contributed by atoms with Crippen molar-refractivity contribution >= 4 is 29.1 Å². The Balaban J connectivity index is 2.22. The molecule has 0 aliphatic carbocycles. The average molecular weight is 419 g/mol. The second-order valence-corrected chi connectivity index (χ2v) is 7.42. The molecule has 29 heavy (non-hydrogen) atoms. The van der Waals surface area contributed by atoms with Crippen molar-refractivity contribution < 1.29 is 24.2 Å². The largest absolute Gasteiger partial charge is 0.507 e. The highest BCUT2D eigenvalue weighted by atomic mass is 35.5. The van der Waals surface area contributed by atoms with Crippen molar-refractivity contribution in [3.63, 3.8) is 0 Å². The third-order valence-corrected chi connectivity index (χ3v) is 4.98. The number of halogens is 2. The number of likely N-dealkylation sites (tertiary alicyclic amines) is 1. The van der Waals surface area contributed by atoms with Crippen LogP contribution in [0.25, 0.3) is 5.76 Å². The van der Waals surface area contributed by atoms with Gasteiger partial charge in [-0.3, -0.25) is 9.59 Å². The van der Waals surface area contributed by atoms with Gasteiger partial charge in [-0.2, -0.15) is 0 Å². The molecular formula is C21H20ClFN2O4. The predicted octanol–water partition coefficient (Wildman–Crippen LogP) is 3.17. The van der Waals surface area contributed by atoms with Crippen LogP contribution in [-0.2, 0) is 9.59 Å². The number of carbonyl (C=O) groups excluding carboxylic acids is 2. The van der Waals surface area contributed by atoms with Gasteiger partial charge in [-0.25, -0.2) is 4.39 Å². The van der Waals surface area contributed by atoms with Crippen molar-refractivity contribution in [2.24, 2.45) is 0 Å². The van der Waals surface area contributed by atoms with Crippen molar-refractivity contribution in [1.29, 1.82) is 0 Å². The molecule has 1 unspecified atom stereocenters. The predicted molar refractivity (Wildman–Crippen MR) is 107 cm³/mol. The number of phenolic OH excluding ortho intramolecular Hbond substituents is 1. The monoisotopic (exact) mass is 418 g/mol. The second kappa shape index (κ2) is 8.23. The van der Waals surface area contributed by atoms with Gasteiger partial charge in [0.05, 0.1) is 17.2 Å². The fraction of sp³-hybridized carbons (Fsp3) is 0.238. The third kappa shape index (κ3) is 3.97. The zero-order valence-electron chi connectivity index (χ0n) is 15.9. The molecule has 2 aromatic carbocycles. The van der Waals surface area contributed by atoms with E-state index in [4.69, 9.17) is 11.6 Å². The van der Waals surface area contributed by atoms with Gasteiger partial charge in [0, 0.05) is 23.7 Å². The van der Waals surface area contributed by atoms with E-state index in [2.05, 4.69) is 0 Å². The van der Waals surface area contributed by atoms with Crippen molar-refractivity contribution in [3.05, 3.63) is 70.0 Å². The summed E-state index contributed by atoms with van der Waals surface area (Å²) in [6, 6.07) is 8.58. The number of rotatable bonds is 5. The molecule has 1 atom stereocenters. The highest BCUT2D eigenvalue weighted by Gasteiger charge is 2.47. The molecule has 1 aliphatic rings. The smallest absolute Gasteiger partial charge is 0.295 e. The van der Waals surface area contributed by atoms with Gasteiger partial charge >= 0.3 is 0 Å². The Kier molecular flexibility index (Phi) is 5.91. The van der Waals surface area contributed by atoms with Gasteiger partial charge in [0.2, 0.25) is 0 Å². The number of carbonyl (C=O) groups is 2. The Morgan fingerprint density at radius 3 is 2.55 bits per heavy atom.